The number of aliphatic hydroxyl groups excluding tert-OH is 1. The zero-order chi connectivity index (χ0) is 18.1. The lowest BCUT2D eigenvalue weighted by molar-refractivity contribution is -0.137. The number of nitrogens with zero attached hydrogens (tertiary/aromatic N) is 2. The number of hydrogen-bond acceptors (Lipinski definition) is 4. The fourth-order valence-electron chi connectivity index (χ4n) is 2.05. The molecule has 4 nitrogen and oxygen atoms in total. The molecule has 0 spiro atoms. The molecular formula is C15H9F5N2O2. The minimum absolute atomic E-state index is 0.0143. The minimum Gasteiger partial charge on any atom is -0.364 e. The number of halogens is 5. The fourth-order valence-corrected chi connectivity index (χ4v) is 2.05. The molecule has 24 heavy (non-hydrogen) atoms. The number of alkyl halides is 5. The Hall–Kier alpha value is -2.57. The number of hydrogen-bond donors (Lipinski definition) is 2. The second-order valence-corrected chi connectivity index (χ2v) is 4.72. The Bertz CT molecular complexity index is 780. The largest absolute Gasteiger partial charge is 0.416 e. The predicted octanol–water partition coefficient (Wildman–Crippen LogP) is 3.56. The van der Waals surface area contributed by atoms with Gasteiger partial charge in [0.05, 0.1) is 16.8 Å². The molecule has 0 aliphatic heterocycles. The van der Waals surface area contributed by atoms with Crippen LogP contribution in [0.25, 0.3) is 11.3 Å². The minimum atomic E-state index is -4.57. The van der Waals surface area contributed by atoms with Gasteiger partial charge in [0.2, 0.25) is 0 Å². The Morgan fingerprint density at radius 3 is 2.08 bits per heavy atom. The number of nitriles is 1. The third-order valence-electron chi connectivity index (χ3n) is 3.17. The summed E-state index contributed by atoms with van der Waals surface area (Å²) >= 11 is 0. The predicted molar refractivity (Wildman–Crippen MR) is 71.5 cm³/mol. The van der Waals surface area contributed by atoms with Crippen LogP contribution in [0.15, 0.2) is 30.3 Å². The van der Waals surface area contributed by atoms with Gasteiger partial charge in [-0.3, -0.25) is 0 Å². The molecule has 0 aliphatic carbocycles. The van der Waals surface area contributed by atoms with Gasteiger partial charge in [-0.25, -0.2) is 13.8 Å². The van der Waals surface area contributed by atoms with Gasteiger partial charge in [0.25, 0.3) is 6.43 Å². The highest BCUT2D eigenvalue weighted by Gasteiger charge is 2.30. The fraction of sp³-hybridized carbons (Fsp3) is 0.200. The van der Waals surface area contributed by atoms with Gasteiger partial charge in [0.1, 0.15) is 11.8 Å². The number of aromatic nitrogens is 1. The standard InChI is InChI=1S/C15H9F5N2O2/c16-13(17)12-10(14(23)24)5-8(6-21)11(22-12)7-1-3-9(4-2-7)15(18,19)20/h1-5,13-14,23-24H. The molecular weight excluding hydrogens is 335 g/mol. The smallest absolute Gasteiger partial charge is 0.364 e. The molecule has 2 rings (SSSR count). The first-order valence-corrected chi connectivity index (χ1v) is 6.42. The number of aliphatic hydroxyl groups is 2. The average molecular weight is 344 g/mol. The van der Waals surface area contributed by atoms with E-state index in [-0.39, 0.29) is 16.8 Å². The van der Waals surface area contributed by atoms with Crippen LogP contribution in [0.2, 0.25) is 0 Å². The Morgan fingerprint density at radius 1 is 1.08 bits per heavy atom. The quantitative estimate of drug-likeness (QED) is 0.659. The van der Waals surface area contributed by atoms with Crippen LogP contribution >= 0.6 is 0 Å². The molecule has 1 aromatic heterocycles. The van der Waals surface area contributed by atoms with Crippen LogP contribution in [0.4, 0.5) is 22.0 Å². The van der Waals surface area contributed by atoms with E-state index in [4.69, 9.17) is 15.5 Å². The van der Waals surface area contributed by atoms with E-state index in [0.29, 0.717) is 0 Å². The summed E-state index contributed by atoms with van der Waals surface area (Å²) in [6.45, 7) is 0. The van der Waals surface area contributed by atoms with E-state index in [1.165, 1.54) is 0 Å². The SMILES string of the molecule is N#Cc1cc(C(O)O)c(C(F)F)nc1-c1ccc(C(F)(F)F)cc1. The maximum atomic E-state index is 13.0. The molecule has 1 heterocycles. The van der Waals surface area contributed by atoms with E-state index >= 15 is 0 Å². The second kappa shape index (κ2) is 6.51. The molecule has 0 amide bonds. The Kier molecular flexibility index (Phi) is 4.82. The second-order valence-electron chi connectivity index (χ2n) is 4.72. The van der Waals surface area contributed by atoms with Crippen molar-refractivity contribution in [1.82, 2.24) is 4.98 Å². The highest BCUT2D eigenvalue weighted by molar-refractivity contribution is 5.67. The van der Waals surface area contributed by atoms with Crippen LogP contribution < -0.4 is 0 Å². The molecule has 0 saturated carbocycles. The van der Waals surface area contributed by atoms with E-state index in [2.05, 4.69) is 4.98 Å². The lowest BCUT2D eigenvalue weighted by Crippen LogP contribution is -2.07. The van der Waals surface area contributed by atoms with Crippen molar-refractivity contribution in [2.45, 2.75) is 18.9 Å². The third kappa shape index (κ3) is 3.50. The molecule has 0 atom stereocenters. The van der Waals surface area contributed by atoms with Crippen LogP contribution in [-0.4, -0.2) is 15.2 Å². The maximum Gasteiger partial charge on any atom is 0.416 e. The molecule has 9 heteroatoms. The first kappa shape index (κ1) is 17.8. The van der Waals surface area contributed by atoms with Crippen LogP contribution in [-0.2, 0) is 6.18 Å². The van der Waals surface area contributed by atoms with Crippen molar-refractivity contribution >= 4 is 0 Å². The molecule has 126 valence electrons. The van der Waals surface area contributed by atoms with Gasteiger partial charge in [-0.05, 0) is 18.2 Å². The monoisotopic (exact) mass is 344 g/mol. The Morgan fingerprint density at radius 2 is 1.67 bits per heavy atom. The molecule has 1 aromatic carbocycles. The molecule has 0 aliphatic rings. The summed E-state index contributed by atoms with van der Waals surface area (Å²) in [5, 5.41) is 27.3. The first-order valence-electron chi connectivity index (χ1n) is 6.42. The zero-order valence-corrected chi connectivity index (χ0v) is 11.7. The van der Waals surface area contributed by atoms with Gasteiger partial charge in [-0.15, -0.1) is 0 Å². The van der Waals surface area contributed by atoms with E-state index in [9.17, 15) is 22.0 Å². The highest BCUT2D eigenvalue weighted by atomic mass is 19.4. The third-order valence-corrected chi connectivity index (χ3v) is 3.17. The van der Waals surface area contributed by atoms with Crippen molar-refractivity contribution in [3.05, 3.63) is 52.7 Å². The van der Waals surface area contributed by atoms with Crippen molar-refractivity contribution in [3.8, 4) is 17.3 Å². The summed E-state index contributed by atoms with van der Waals surface area (Å²) in [5.74, 6) is 0. The number of rotatable bonds is 3. The molecule has 0 fully saturated rings. The van der Waals surface area contributed by atoms with Crippen molar-refractivity contribution in [2.75, 3.05) is 0 Å². The van der Waals surface area contributed by atoms with Crippen LogP contribution in [0, 0.1) is 11.3 Å². The summed E-state index contributed by atoms with van der Waals surface area (Å²) in [7, 11) is 0. The molecule has 0 saturated heterocycles. The maximum absolute atomic E-state index is 13.0. The van der Waals surface area contributed by atoms with Gasteiger partial charge >= 0.3 is 6.18 Å². The average Bonchev–Trinajstić information content (AvgIpc) is 2.52. The van der Waals surface area contributed by atoms with E-state index in [1.807, 2.05) is 0 Å². The van der Waals surface area contributed by atoms with Crippen molar-refractivity contribution < 1.29 is 32.2 Å². The molecule has 2 N–H and O–H groups in total. The molecule has 0 unspecified atom stereocenters. The Labute approximate surface area is 132 Å². The number of pyridine rings is 1. The number of benzene rings is 1. The van der Waals surface area contributed by atoms with E-state index in [0.717, 1.165) is 30.3 Å². The topological polar surface area (TPSA) is 77.1 Å². The molecule has 2 aromatic rings. The van der Waals surface area contributed by atoms with Gasteiger partial charge in [0, 0.05) is 11.1 Å². The lowest BCUT2D eigenvalue weighted by Gasteiger charge is -2.14. The lowest BCUT2D eigenvalue weighted by atomic mass is 10.0. The summed E-state index contributed by atoms with van der Waals surface area (Å²) in [6.07, 6.45) is -10.00. The van der Waals surface area contributed by atoms with Gasteiger partial charge < -0.3 is 10.2 Å². The first-order chi connectivity index (χ1) is 11.1. The Balaban J connectivity index is 2.61. The van der Waals surface area contributed by atoms with E-state index < -0.39 is 35.7 Å². The zero-order valence-electron chi connectivity index (χ0n) is 11.7. The summed E-state index contributed by atoms with van der Waals surface area (Å²) in [6, 6.07) is 5.93. The summed E-state index contributed by atoms with van der Waals surface area (Å²) < 4.78 is 63.7. The highest BCUT2D eigenvalue weighted by Crippen LogP contribution is 2.33. The van der Waals surface area contributed by atoms with E-state index in [1.54, 1.807) is 6.07 Å². The molecule has 0 radical (unpaired) electrons. The van der Waals surface area contributed by atoms with Gasteiger partial charge in [0.15, 0.2) is 6.29 Å². The normalized spacial score (nSPS) is 11.8. The molecule has 0 bridgehead atoms. The van der Waals surface area contributed by atoms with Crippen molar-refractivity contribution in [2.24, 2.45) is 0 Å². The van der Waals surface area contributed by atoms with Gasteiger partial charge in [-0.1, -0.05) is 12.1 Å². The van der Waals surface area contributed by atoms with Crippen molar-refractivity contribution in [1.29, 1.82) is 5.26 Å². The summed E-state index contributed by atoms with van der Waals surface area (Å²) in [5.41, 5.74) is -3.08. The van der Waals surface area contributed by atoms with Gasteiger partial charge in [-0.2, -0.15) is 18.4 Å². The van der Waals surface area contributed by atoms with Crippen LogP contribution in [0.1, 0.15) is 35.1 Å². The van der Waals surface area contributed by atoms with Crippen LogP contribution in [0.5, 0.6) is 0 Å². The van der Waals surface area contributed by atoms with Crippen LogP contribution in [0.3, 0.4) is 0 Å². The van der Waals surface area contributed by atoms with Crippen molar-refractivity contribution in [3.63, 3.8) is 0 Å². The summed E-state index contributed by atoms with van der Waals surface area (Å²) in [4.78, 5) is 3.55.